The number of methoxy groups -OCH3 is 1. The summed E-state index contributed by atoms with van der Waals surface area (Å²) >= 11 is 0. The molecule has 7 heteroatoms. The van der Waals surface area contributed by atoms with E-state index in [0.29, 0.717) is 19.6 Å². The third-order valence-corrected chi connectivity index (χ3v) is 5.12. The van der Waals surface area contributed by atoms with Gasteiger partial charge in [0.1, 0.15) is 0 Å². The lowest BCUT2D eigenvalue weighted by Crippen LogP contribution is -2.34. The molecule has 0 aliphatic rings. The largest absolute Gasteiger partial charge is 0.385 e. The number of nitrogens with zero attached hydrogens (tertiary/aromatic N) is 1. The van der Waals surface area contributed by atoms with E-state index in [2.05, 4.69) is 5.32 Å². The molecule has 136 valence electrons. The quantitative estimate of drug-likeness (QED) is 0.652. The number of sulfonamides is 1. The summed E-state index contributed by atoms with van der Waals surface area (Å²) in [4.78, 5) is 12.2. The minimum Gasteiger partial charge on any atom is -0.385 e. The molecule has 1 aromatic rings. The zero-order valence-corrected chi connectivity index (χ0v) is 15.8. The molecule has 0 aliphatic heterocycles. The molecule has 0 spiro atoms. The highest BCUT2D eigenvalue weighted by molar-refractivity contribution is 7.88. The minimum atomic E-state index is -3.34. The van der Waals surface area contributed by atoms with Crippen LogP contribution in [0.1, 0.15) is 30.9 Å². The first-order valence-corrected chi connectivity index (χ1v) is 9.96. The van der Waals surface area contributed by atoms with Gasteiger partial charge in [-0.3, -0.25) is 4.79 Å². The van der Waals surface area contributed by atoms with Crippen LogP contribution in [0, 0.1) is 6.92 Å². The first-order chi connectivity index (χ1) is 11.3. The molecular weight excluding hydrogens is 328 g/mol. The van der Waals surface area contributed by atoms with Crippen molar-refractivity contribution in [1.29, 1.82) is 0 Å². The van der Waals surface area contributed by atoms with Gasteiger partial charge < -0.3 is 10.1 Å². The zero-order chi connectivity index (χ0) is 18.2. The first kappa shape index (κ1) is 20.6. The molecule has 0 aromatic heterocycles. The van der Waals surface area contributed by atoms with Crippen molar-refractivity contribution < 1.29 is 17.9 Å². The molecule has 1 aromatic carbocycles. The highest BCUT2D eigenvalue weighted by Gasteiger charge is 2.18. The van der Waals surface area contributed by atoms with Crippen LogP contribution in [-0.2, 0) is 26.0 Å². The molecule has 1 N–H and O–H groups in total. The standard InChI is InChI=1S/C17H28N2O4S/c1-5-15-9-6-8-14(2)17(15)18-16(20)10-12-19(24(4,21)22)11-7-13-23-3/h6,8-9H,5,7,10-13H2,1-4H3,(H,18,20). The fraction of sp³-hybridized carbons (Fsp3) is 0.588. The van der Waals surface area contributed by atoms with E-state index < -0.39 is 10.0 Å². The molecule has 0 radical (unpaired) electrons. The van der Waals surface area contributed by atoms with Crippen LogP contribution in [0.25, 0.3) is 0 Å². The van der Waals surface area contributed by atoms with E-state index in [4.69, 9.17) is 4.74 Å². The smallest absolute Gasteiger partial charge is 0.225 e. The first-order valence-electron chi connectivity index (χ1n) is 8.12. The Morgan fingerprint density at radius 1 is 1.29 bits per heavy atom. The van der Waals surface area contributed by atoms with Crippen LogP contribution in [0.4, 0.5) is 5.69 Å². The number of para-hydroxylation sites is 1. The summed E-state index contributed by atoms with van der Waals surface area (Å²) in [6.07, 6.45) is 2.71. The lowest BCUT2D eigenvalue weighted by molar-refractivity contribution is -0.116. The number of nitrogens with one attached hydrogen (secondary N) is 1. The van der Waals surface area contributed by atoms with Gasteiger partial charge in [-0.1, -0.05) is 25.1 Å². The normalized spacial score (nSPS) is 11.7. The number of anilines is 1. The number of carbonyl (C=O) groups is 1. The maximum atomic E-state index is 12.2. The van der Waals surface area contributed by atoms with E-state index in [1.807, 2.05) is 32.0 Å². The summed E-state index contributed by atoms with van der Waals surface area (Å²) in [7, 11) is -1.76. The number of aryl methyl sites for hydroxylation is 2. The molecular formula is C17H28N2O4S. The van der Waals surface area contributed by atoms with Crippen LogP contribution in [0.15, 0.2) is 18.2 Å². The average Bonchev–Trinajstić information content (AvgIpc) is 2.51. The summed E-state index contributed by atoms with van der Waals surface area (Å²) in [5, 5.41) is 2.92. The van der Waals surface area contributed by atoms with E-state index in [1.165, 1.54) is 4.31 Å². The Hall–Kier alpha value is -1.44. The van der Waals surface area contributed by atoms with Crippen LogP contribution in [-0.4, -0.2) is 51.7 Å². The molecule has 1 amide bonds. The third-order valence-electron chi connectivity index (χ3n) is 3.82. The van der Waals surface area contributed by atoms with Crippen LogP contribution in [0.3, 0.4) is 0 Å². The predicted molar refractivity (Wildman–Crippen MR) is 96.7 cm³/mol. The monoisotopic (exact) mass is 356 g/mol. The van der Waals surface area contributed by atoms with Crippen LogP contribution >= 0.6 is 0 Å². The fourth-order valence-corrected chi connectivity index (χ4v) is 3.34. The minimum absolute atomic E-state index is 0.123. The predicted octanol–water partition coefficient (Wildman–Crippen LogP) is 2.18. The second kappa shape index (κ2) is 9.76. The van der Waals surface area contributed by atoms with Gasteiger partial charge in [-0.2, -0.15) is 0 Å². The summed E-state index contributed by atoms with van der Waals surface area (Å²) in [6, 6.07) is 5.89. The van der Waals surface area contributed by atoms with E-state index >= 15 is 0 Å². The van der Waals surface area contributed by atoms with E-state index in [1.54, 1.807) is 7.11 Å². The maximum absolute atomic E-state index is 12.2. The molecule has 0 bridgehead atoms. The molecule has 0 atom stereocenters. The molecule has 6 nitrogen and oxygen atoms in total. The SMILES string of the molecule is CCc1cccc(C)c1NC(=O)CCN(CCCOC)S(C)(=O)=O. The van der Waals surface area contributed by atoms with Crippen molar-refractivity contribution in [2.75, 3.05) is 38.4 Å². The summed E-state index contributed by atoms with van der Waals surface area (Å²) in [6.45, 7) is 4.99. The number of benzene rings is 1. The van der Waals surface area contributed by atoms with Crippen LogP contribution in [0.5, 0.6) is 0 Å². The lowest BCUT2D eigenvalue weighted by atomic mass is 10.1. The molecule has 0 saturated heterocycles. The van der Waals surface area contributed by atoms with Crippen LogP contribution < -0.4 is 5.32 Å². The molecule has 0 saturated carbocycles. The number of rotatable bonds is 10. The lowest BCUT2D eigenvalue weighted by Gasteiger charge is -2.20. The topological polar surface area (TPSA) is 75.7 Å². The molecule has 0 heterocycles. The zero-order valence-electron chi connectivity index (χ0n) is 15.0. The van der Waals surface area contributed by atoms with E-state index in [9.17, 15) is 13.2 Å². The van der Waals surface area contributed by atoms with Gasteiger partial charge in [0, 0.05) is 38.9 Å². The third kappa shape index (κ3) is 6.59. The number of hydrogen-bond donors (Lipinski definition) is 1. The van der Waals surface area contributed by atoms with Crippen molar-refractivity contribution in [3.8, 4) is 0 Å². The molecule has 0 fully saturated rings. The van der Waals surface area contributed by atoms with Gasteiger partial charge in [-0.15, -0.1) is 0 Å². The fourth-order valence-electron chi connectivity index (χ4n) is 2.46. The Kier molecular flexibility index (Phi) is 8.38. The molecule has 1 rings (SSSR count). The summed E-state index contributed by atoms with van der Waals surface area (Å²) < 4.78 is 29.9. The highest BCUT2D eigenvalue weighted by atomic mass is 32.2. The second-order valence-corrected chi connectivity index (χ2v) is 7.75. The number of hydrogen-bond acceptors (Lipinski definition) is 4. The van der Waals surface area contributed by atoms with Crippen molar-refractivity contribution >= 4 is 21.6 Å². The molecule has 24 heavy (non-hydrogen) atoms. The molecule has 0 unspecified atom stereocenters. The number of amides is 1. The van der Waals surface area contributed by atoms with Crippen molar-refractivity contribution in [2.45, 2.75) is 33.1 Å². The Bertz CT molecular complexity index is 644. The van der Waals surface area contributed by atoms with Crippen molar-refractivity contribution in [2.24, 2.45) is 0 Å². The van der Waals surface area contributed by atoms with Crippen LogP contribution in [0.2, 0.25) is 0 Å². The van der Waals surface area contributed by atoms with Gasteiger partial charge in [0.05, 0.1) is 6.26 Å². The van der Waals surface area contributed by atoms with Crippen molar-refractivity contribution in [1.82, 2.24) is 4.31 Å². The van der Waals surface area contributed by atoms with Gasteiger partial charge in [-0.05, 0) is 30.9 Å². The van der Waals surface area contributed by atoms with Gasteiger partial charge in [0.15, 0.2) is 0 Å². The van der Waals surface area contributed by atoms with Crippen molar-refractivity contribution in [3.05, 3.63) is 29.3 Å². The van der Waals surface area contributed by atoms with E-state index in [0.717, 1.165) is 29.5 Å². The maximum Gasteiger partial charge on any atom is 0.225 e. The number of carbonyl (C=O) groups excluding carboxylic acids is 1. The summed E-state index contributed by atoms with van der Waals surface area (Å²) in [5.41, 5.74) is 2.90. The Labute approximate surface area is 145 Å². The second-order valence-electron chi connectivity index (χ2n) is 5.77. The van der Waals surface area contributed by atoms with Gasteiger partial charge >= 0.3 is 0 Å². The summed E-state index contributed by atoms with van der Waals surface area (Å²) in [5.74, 6) is -0.181. The van der Waals surface area contributed by atoms with Gasteiger partial charge in [0.25, 0.3) is 0 Å². The van der Waals surface area contributed by atoms with Gasteiger partial charge in [0.2, 0.25) is 15.9 Å². The van der Waals surface area contributed by atoms with Gasteiger partial charge in [-0.25, -0.2) is 12.7 Å². The highest BCUT2D eigenvalue weighted by Crippen LogP contribution is 2.21. The Morgan fingerprint density at radius 3 is 2.58 bits per heavy atom. The Balaban J connectivity index is 2.67. The number of ether oxygens (including phenoxy) is 1. The average molecular weight is 356 g/mol. The Morgan fingerprint density at radius 2 is 2.00 bits per heavy atom. The van der Waals surface area contributed by atoms with E-state index in [-0.39, 0.29) is 18.9 Å². The van der Waals surface area contributed by atoms with Crippen molar-refractivity contribution in [3.63, 3.8) is 0 Å². The molecule has 0 aliphatic carbocycles.